The molecule has 3 heterocycles. The Hall–Kier alpha value is -3.52. The van der Waals surface area contributed by atoms with Gasteiger partial charge in [0, 0.05) is 31.2 Å². The number of benzene rings is 2. The second-order valence-corrected chi connectivity index (χ2v) is 8.60. The fourth-order valence-corrected chi connectivity index (χ4v) is 5.13. The number of nitrogens with two attached hydrogens (primary N) is 1. The van der Waals surface area contributed by atoms with Crippen LogP contribution in [-0.4, -0.2) is 40.6 Å². The van der Waals surface area contributed by atoms with E-state index in [1.54, 1.807) is 12.1 Å². The Morgan fingerprint density at radius 1 is 1.03 bits per heavy atom. The summed E-state index contributed by atoms with van der Waals surface area (Å²) in [6.45, 7) is 3.00. The van der Waals surface area contributed by atoms with Crippen LogP contribution in [0.25, 0.3) is 0 Å². The predicted molar refractivity (Wildman–Crippen MR) is 117 cm³/mol. The van der Waals surface area contributed by atoms with Gasteiger partial charge in [0.05, 0.1) is 11.1 Å². The van der Waals surface area contributed by atoms with E-state index in [4.69, 9.17) is 5.73 Å². The van der Waals surface area contributed by atoms with Gasteiger partial charge < -0.3 is 10.6 Å². The maximum absolute atomic E-state index is 13.4. The van der Waals surface area contributed by atoms with Crippen LogP contribution in [0, 0.1) is 0 Å². The number of rotatable bonds is 4. The van der Waals surface area contributed by atoms with Gasteiger partial charge in [0.25, 0.3) is 11.8 Å². The van der Waals surface area contributed by atoms with Gasteiger partial charge in [-0.3, -0.25) is 29.4 Å². The number of para-hydroxylation sites is 1. The third-order valence-corrected chi connectivity index (χ3v) is 6.65. The van der Waals surface area contributed by atoms with Crippen LogP contribution in [0.15, 0.2) is 36.4 Å². The van der Waals surface area contributed by atoms with Crippen LogP contribution in [0.5, 0.6) is 0 Å². The van der Waals surface area contributed by atoms with Crippen molar-refractivity contribution in [1.82, 2.24) is 10.2 Å². The standard InChI is InChI=1S/C24H24N4O4/c1-13-10-14-4-2-5-15(11-25)21(14)27(13)12-16-6-3-7-17-20(16)24(32)28(23(17)31)18-8-9-19(29)26-22(18)30/h2-7,13,18H,8-12,25H2,1H3,(H,26,29,30). The number of hydrogen-bond acceptors (Lipinski definition) is 6. The van der Waals surface area contributed by atoms with Crippen LogP contribution >= 0.6 is 0 Å². The molecule has 0 radical (unpaired) electrons. The molecule has 3 N–H and O–H groups in total. The normalized spacial score (nSPS) is 22.3. The number of piperidine rings is 1. The largest absolute Gasteiger partial charge is 0.364 e. The number of nitrogens with one attached hydrogen (secondary N) is 1. The quantitative estimate of drug-likeness (QED) is 0.708. The molecule has 2 aromatic rings. The van der Waals surface area contributed by atoms with E-state index in [1.165, 1.54) is 5.56 Å². The van der Waals surface area contributed by atoms with Gasteiger partial charge in [-0.05, 0) is 42.5 Å². The molecule has 32 heavy (non-hydrogen) atoms. The molecule has 5 rings (SSSR count). The first-order valence-electron chi connectivity index (χ1n) is 10.8. The molecular weight excluding hydrogens is 408 g/mol. The van der Waals surface area contributed by atoms with Crippen molar-refractivity contribution in [2.24, 2.45) is 5.73 Å². The molecule has 1 saturated heterocycles. The lowest BCUT2D eigenvalue weighted by Gasteiger charge is -2.28. The minimum Gasteiger partial charge on any atom is -0.364 e. The summed E-state index contributed by atoms with van der Waals surface area (Å²) in [7, 11) is 0. The minimum atomic E-state index is -0.969. The lowest BCUT2D eigenvalue weighted by atomic mass is 10.0. The summed E-state index contributed by atoms with van der Waals surface area (Å²) in [5.74, 6) is -1.96. The van der Waals surface area contributed by atoms with Crippen LogP contribution < -0.4 is 16.0 Å². The van der Waals surface area contributed by atoms with Crippen molar-refractivity contribution in [3.8, 4) is 0 Å². The maximum Gasteiger partial charge on any atom is 0.262 e. The lowest BCUT2D eigenvalue weighted by Crippen LogP contribution is -2.54. The second kappa shape index (κ2) is 7.56. The van der Waals surface area contributed by atoms with Crippen LogP contribution in [0.4, 0.5) is 5.69 Å². The molecule has 164 valence electrons. The first-order valence-corrected chi connectivity index (χ1v) is 10.8. The summed E-state index contributed by atoms with van der Waals surface area (Å²) in [4.78, 5) is 53.6. The molecule has 0 bridgehead atoms. The van der Waals surface area contributed by atoms with E-state index in [0.29, 0.717) is 24.2 Å². The Morgan fingerprint density at radius 3 is 2.53 bits per heavy atom. The Bertz CT molecular complexity index is 1170. The van der Waals surface area contributed by atoms with Crippen molar-refractivity contribution in [2.45, 2.75) is 51.4 Å². The van der Waals surface area contributed by atoms with E-state index in [2.05, 4.69) is 23.2 Å². The van der Waals surface area contributed by atoms with Gasteiger partial charge in [0.1, 0.15) is 6.04 Å². The highest BCUT2D eigenvalue weighted by Crippen LogP contribution is 2.38. The first kappa shape index (κ1) is 20.4. The maximum atomic E-state index is 13.4. The lowest BCUT2D eigenvalue weighted by molar-refractivity contribution is -0.136. The summed E-state index contributed by atoms with van der Waals surface area (Å²) in [5, 5.41) is 2.23. The summed E-state index contributed by atoms with van der Waals surface area (Å²) in [6, 6.07) is 10.6. The zero-order valence-corrected chi connectivity index (χ0v) is 17.8. The predicted octanol–water partition coefficient (Wildman–Crippen LogP) is 1.50. The Balaban J connectivity index is 1.50. The molecule has 2 aromatic carbocycles. The molecule has 3 aliphatic heterocycles. The number of fused-ring (bicyclic) bond motifs is 2. The molecule has 0 aliphatic carbocycles. The molecule has 8 nitrogen and oxygen atoms in total. The number of anilines is 1. The van der Waals surface area contributed by atoms with E-state index in [-0.39, 0.29) is 24.8 Å². The zero-order chi connectivity index (χ0) is 22.6. The fourth-order valence-electron chi connectivity index (χ4n) is 5.13. The van der Waals surface area contributed by atoms with Gasteiger partial charge in [-0.2, -0.15) is 0 Å². The monoisotopic (exact) mass is 432 g/mol. The van der Waals surface area contributed by atoms with Gasteiger partial charge in [-0.1, -0.05) is 30.3 Å². The summed E-state index contributed by atoms with van der Waals surface area (Å²) < 4.78 is 0. The van der Waals surface area contributed by atoms with E-state index in [0.717, 1.165) is 28.1 Å². The van der Waals surface area contributed by atoms with E-state index in [1.807, 2.05) is 18.2 Å². The van der Waals surface area contributed by atoms with Crippen molar-refractivity contribution in [1.29, 1.82) is 0 Å². The van der Waals surface area contributed by atoms with Crippen LogP contribution in [-0.2, 0) is 29.1 Å². The fraction of sp³-hybridized carbons (Fsp3) is 0.333. The average molecular weight is 432 g/mol. The molecule has 0 aromatic heterocycles. The number of carbonyl (C=O) groups excluding carboxylic acids is 4. The Morgan fingerprint density at radius 2 is 1.78 bits per heavy atom. The van der Waals surface area contributed by atoms with E-state index in [9.17, 15) is 19.2 Å². The van der Waals surface area contributed by atoms with Gasteiger partial charge in [0.15, 0.2) is 0 Å². The molecule has 3 aliphatic rings. The van der Waals surface area contributed by atoms with Gasteiger partial charge in [-0.15, -0.1) is 0 Å². The van der Waals surface area contributed by atoms with Crippen molar-refractivity contribution < 1.29 is 19.2 Å². The summed E-state index contributed by atoms with van der Waals surface area (Å²) in [6.07, 6.45) is 1.12. The second-order valence-electron chi connectivity index (χ2n) is 8.60. The van der Waals surface area contributed by atoms with E-state index >= 15 is 0 Å². The van der Waals surface area contributed by atoms with Gasteiger partial charge in [0.2, 0.25) is 11.8 Å². The summed E-state index contributed by atoms with van der Waals surface area (Å²) in [5.41, 5.74) is 10.7. The van der Waals surface area contributed by atoms with Crippen LogP contribution in [0.3, 0.4) is 0 Å². The van der Waals surface area contributed by atoms with Crippen molar-refractivity contribution in [3.05, 3.63) is 64.2 Å². The highest BCUT2D eigenvalue weighted by atomic mass is 16.2. The summed E-state index contributed by atoms with van der Waals surface area (Å²) >= 11 is 0. The highest BCUT2D eigenvalue weighted by molar-refractivity contribution is 6.24. The molecule has 0 spiro atoms. The molecular formula is C24H24N4O4. The highest BCUT2D eigenvalue weighted by Gasteiger charge is 2.45. The van der Waals surface area contributed by atoms with Crippen molar-refractivity contribution in [3.63, 3.8) is 0 Å². The molecule has 4 amide bonds. The van der Waals surface area contributed by atoms with E-state index < -0.39 is 23.8 Å². The van der Waals surface area contributed by atoms with Crippen LogP contribution in [0.1, 0.15) is 57.2 Å². The zero-order valence-electron chi connectivity index (χ0n) is 17.8. The van der Waals surface area contributed by atoms with Crippen molar-refractivity contribution in [2.75, 3.05) is 4.90 Å². The molecule has 8 heteroatoms. The number of hydrogen-bond donors (Lipinski definition) is 2. The SMILES string of the molecule is CC1Cc2cccc(CN)c2N1Cc1cccc2c1C(=O)N(C1CCC(=O)NC1=O)C2=O. The number of nitrogens with zero attached hydrogens (tertiary/aromatic N) is 2. The molecule has 2 unspecified atom stereocenters. The van der Waals surface area contributed by atoms with Crippen LogP contribution in [0.2, 0.25) is 0 Å². The molecule has 1 fully saturated rings. The number of carbonyl (C=O) groups is 4. The average Bonchev–Trinajstić information content (AvgIpc) is 3.22. The van der Waals surface area contributed by atoms with Gasteiger partial charge in [-0.25, -0.2) is 0 Å². The molecule has 2 atom stereocenters. The topological polar surface area (TPSA) is 113 Å². The molecule has 0 saturated carbocycles. The first-order chi connectivity index (χ1) is 15.4. The smallest absolute Gasteiger partial charge is 0.262 e. The number of amides is 4. The number of imide groups is 2. The van der Waals surface area contributed by atoms with Crippen molar-refractivity contribution >= 4 is 29.3 Å². The van der Waals surface area contributed by atoms with Gasteiger partial charge >= 0.3 is 0 Å². The third kappa shape index (κ3) is 3.02. The third-order valence-electron chi connectivity index (χ3n) is 6.65. The Labute approximate surface area is 185 Å². The minimum absolute atomic E-state index is 0.0978. The Kier molecular flexibility index (Phi) is 4.82.